The summed E-state index contributed by atoms with van der Waals surface area (Å²) >= 11 is 0. The summed E-state index contributed by atoms with van der Waals surface area (Å²) in [4.78, 5) is -0.249. The minimum Gasteiger partial charge on any atom is -0.508 e. The van der Waals surface area contributed by atoms with Gasteiger partial charge in [0.15, 0.2) is 0 Å². The molecule has 36 heavy (non-hydrogen) atoms. The third-order valence-corrected chi connectivity index (χ3v) is 8.64. The molecule has 2 N–H and O–H groups in total. The van der Waals surface area contributed by atoms with Crippen molar-refractivity contribution in [3.8, 4) is 23.0 Å². The van der Waals surface area contributed by atoms with E-state index in [1.54, 1.807) is 24.3 Å². The van der Waals surface area contributed by atoms with Gasteiger partial charge in [-0.2, -0.15) is 0 Å². The quantitative estimate of drug-likeness (QED) is 0.318. The van der Waals surface area contributed by atoms with E-state index in [9.17, 15) is 27.0 Å². The van der Waals surface area contributed by atoms with Gasteiger partial charge in [-0.3, -0.25) is 0 Å². The molecule has 0 saturated heterocycles. The number of hydrogen-bond acceptors (Lipinski definition) is 8. The Morgan fingerprint density at radius 3 is 1.19 bits per heavy atom. The fourth-order valence-electron chi connectivity index (χ4n) is 3.25. The van der Waals surface area contributed by atoms with Gasteiger partial charge in [0, 0.05) is 0 Å². The van der Waals surface area contributed by atoms with Crippen LogP contribution in [0.25, 0.3) is 0 Å². The Hall–Kier alpha value is -4.28. The Kier molecular flexibility index (Phi) is 7.00. The number of rotatable bonds is 8. The standard InChI is InChI=1S/C26H20O8S2/c27-19-9-13-21(14-10-19)35(29,30)25-7-3-1-5-23(25)33-17-18-34-24-6-2-4-8-26(24)36(31,32)22-15-11-20(28)12-16-22/h1-18,27-28H. The molecule has 0 atom stereocenters. The minimum absolute atomic E-state index is 0.0232. The second-order valence-corrected chi connectivity index (χ2v) is 11.2. The third-order valence-electron chi connectivity index (χ3n) is 5.02. The van der Waals surface area contributed by atoms with Crippen molar-refractivity contribution in [1.29, 1.82) is 0 Å². The van der Waals surface area contributed by atoms with E-state index in [4.69, 9.17) is 9.47 Å². The molecule has 10 heteroatoms. The van der Waals surface area contributed by atoms with E-state index in [0.29, 0.717) is 0 Å². The van der Waals surface area contributed by atoms with Crippen LogP contribution in [-0.2, 0) is 19.7 Å². The first-order chi connectivity index (χ1) is 17.2. The van der Waals surface area contributed by atoms with Crippen LogP contribution in [0.4, 0.5) is 0 Å². The van der Waals surface area contributed by atoms with Crippen molar-refractivity contribution in [2.24, 2.45) is 0 Å². The number of ether oxygens (including phenoxy) is 2. The van der Waals surface area contributed by atoms with Crippen LogP contribution < -0.4 is 9.47 Å². The van der Waals surface area contributed by atoms with Crippen LogP contribution >= 0.6 is 0 Å². The first kappa shape index (κ1) is 24.8. The average Bonchev–Trinajstić information content (AvgIpc) is 2.87. The first-order valence-electron chi connectivity index (χ1n) is 10.4. The van der Waals surface area contributed by atoms with Gasteiger partial charge in [0.2, 0.25) is 19.7 Å². The normalized spacial score (nSPS) is 11.9. The molecule has 0 unspecified atom stereocenters. The predicted molar refractivity (Wildman–Crippen MR) is 130 cm³/mol. The number of para-hydroxylation sites is 2. The van der Waals surface area contributed by atoms with Crippen LogP contribution in [0.2, 0.25) is 0 Å². The van der Waals surface area contributed by atoms with Crippen LogP contribution in [0, 0.1) is 0 Å². The second-order valence-electron chi connectivity index (χ2n) is 7.40. The smallest absolute Gasteiger partial charge is 0.210 e. The number of sulfone groups is 2. The van der Waals surface area contributed by atoms with Crippen LogP contribution in [0.3, 0.4) is 0 Å². The van der Waals surface area contributed by atoms with E-state index < -0.39 is 19.7 Å². The summed E-state index contributed by atoms with van der Waals surface area (Å²) in [5.74, 6) is -0.0802. The lowest BCUT2D eigenvalue weighted by atomic mass is 10.3. The van der Waals surface area contributed by atoms with Crippen LogP contribution in [0.5, 0.6) is 23.0 Å². The van der Waals surface area contributed by atoms with E-state index in [1.807, 2.05) is 0 Å². The van der Waals surface area contributed by atoms with Gasteiger partial charge in [-0.25, -0.2) is 16.8 Å². The molecular formula is C26H20O8S2. The van der Waals surface area contributed by atoms with Crippen molar-refractivity contribution in [2.45, 2.75) is 19.6 Å². The van der Waals surface area contributed by atoms with Crippen LogP contribution in [0.1, 0.15) is 0 Å². The number of benzene rings is 4. The molecule has 0 aliphatic carbocycles. The molecule has 4 rings (SSSR count). The maximum Gasteiger partial charge on any atom is 0.210 e. The zero-order valence-corrected chi connectivity index (χ0v) is 20.2. The van der Waals surface area contributed by atoms with Gasteiger partial charge in [-0.15, -0.1) is 0 Å². The minimum atomic E-state index is -3.94. The highest BCUT2D eigenvalue weighted by molar-refractivity contribution is 7.92. The molecule has 8 nitrogen and oxygen atoms in total. The molecular weight excluding hydrogens is 504 g/mol. The summed E-state index contributed by atoms with van der Waals surface area (Å²) < 4.78 is 63.1. The Bertz CT molecular complexity index is 1480. The van der Waals surface area contributed by atoms with E-state index in [0.717, 1.165) is 12.5 Å². The zero-order chi connectivity index (χ0) is 25.8. The summed E-state index contributed by atoms with van der Waals surface area (Å²) in [6.45, 7) is 0. The van der Waals surface area contributed by atoms with Gasteiger partial charge < -0.3 is 19.7 Å². The Morgan fingerprint density at radius 1 is 0.500 bits per heavy atom. The maximum absolute atomic E-state index is 13.0. The molecule has 184 valence electrons. The molecule has 0 heterocycles. The molecule has 0 saturated carbocycles. The maximum atomic E-state index is 13.0. The van der Waals surface area contributed by atoms with Gasteiger partial charge in [-0.05, 0) is 72.8 Å². The molecule has 0 amide bonds. The van der Waals surface area contributed by atoms with Crippen LogP contribution in [-0.4, -0.2) is 27.0 Å². The van der Waals surface area contributed by atoms with E-state index >= 15 is 0 Å². The SMILES string of the molecule is O=S(=O)(c1ccc(O)cc1)c1ccccc1OC=COc1ccccc1S(=O)(=O)c1ccc(O)cc1. The summed E-state index contributed by atoms with van der Waals surface area (Å²) in [6, 6.07) is 22.2. The predicted octanol–water partition coefficient (Wildman–Crippen LogP) is 4.69. The van der Waals surface area contributed by atoms with Gasteiger partial charge in [0.25, 0.3) is 0 Å². The van der Waals surface area contributed by atoms with E-state index in [-0.39, 0.29) is 42.6 Å². The van der Waals surface area contributed by atoms with Crippen molar-refractivity contribution >= 4 is 19.7 Å². The summed E-state index contributed by atoms with van der Waals surface area (Å²) in [6.07, 6.45) is 2.18. The highest BCUT2D eigenvalue weighted by atomic mass is 32.2. The van der Waals surface area contributed by atoms with Gasteiger partial charge in [-0.1, -0.05) is 24.3 Å². The molecule has 4 aromatic carbocycles. The molecule has 0 spiro atoms. The highest BCUT2D eigenvalue weighted by Gasteiger charge is 2.23. The molecule has 0 radical (unpaired) electrons. The van der Waals surface area contributed by atoms with Crippen molar-refractivity contribution in [3.05, 3.63) is 110 Å². The van der Waals surface area contributed by atoms with Crippen molar-refractivity contribution in [2.75, 3.05) is 0 Å². The largest absolute Gasteiger partial charge is 0.508 e. The molecule has 0 bridgehead atoms. The first-order valence-corrected chi connectivity index (χ1v) is 13.4. The molecule has 0 aliphatic rings. The van der Waals surface area contributed by atoms with Gasteiger partial charge in [0.1, 0.15) is 45.3 Å². The number of phenolic OH excluding ortho intramolecular Hbond substituents is 2. The third kappa shape index (κ3) is 5.19. The lowest BCUT2D eigenvalue weighted by Crippen LogP contribution is -2.04. The molecule has 0 aliphatic heterocycles. The monoisotopic (exact) mass is 524 g/mol. The Labute approximate surface area is 208 Å². The highest BCUT2D eigenvalue weighted by Crippen LogP contribution is 2.32. The van der Waals surface area contributed by atoms with Crippen molar-refractivity contribution < 1.29 is 36.5 Å². The summed E-state index contributed by atoms with van der Waals surface area (Å²) in [7, 11) is -7.89. The molecule has 0 fully saturated rings. The molecule has 4 aromatic rings. The number of phenols is 2. The second kappa shape index (κ2) is 10.1. The lowest BCUT2D eigenvalue weighted by Gasteiger charge is -2.11. The average molecular weight is 525 g/mol. The Morgan fingerprint density at radius 2 is 0.833 bits per heavy atom. The van der Waals surface area contributed by atoms with Gasteiger partial charge in [0.05, 0.1) is 9.79 Å². The van der Waals surface area contributed by atoms with Crippen LogP contribution in [0.15, 0.2) is 129 Å². The van der Waals surface area contributed by atoms with Gasteiger partial charge >= 0.3 is 0 Å². The van der Waals surface area contributed by atoms with Crippen molar-refractivity contribution in [1.82, 2.24) is 0 Å². The zero-order valence-electron chi connectivity index (χ0n) is 18.6. The van der Waals surface area contributed by atoms with Crippen molar-refractivity contribution in [3.63, 3.8) is 0 Å². The van der Waals surface area contributed by atoms with E-state index in [1.165, 1.54) is 72.8 Å². The fourth-order valence-corrected chi connectivity index (χ4v) is 6.02. The lowest BCUT2D eigenvalue weighted by molar-refractivity contribution is 0.409. The topological polar surface area (TPSA) is 127 Å². The Balaban J connectivity index is 1.56. The number of hydrogen-bond donors (Lipinski definition) is 2. The fraction of sp³-hybridized carbons (Fsp3) is 0. The van der Waals surface area contributed by atoms with E-state index in [2.05, 4.69) is 0 Å². The summed E-state index contributed by atoms with van der Waals surface area (Å²) in [5.41, 5.74) is 0. The number of aromatic hydroxyl groups is 2. The summed E-state index contributed by atoms with van der Waals surface area (Å²) in [5, 5.41) is 18.9. The molecule has 0 aromatic heterocycles.